The molecule has 0 radical (unpaired) electrons. The summed E-state index contributed by atoms with van der Waals surface area (Å²) < 4.78 is 37.2. The SMILES string of the molecule is CCCC(=O)[C@H](CCc1ccccc1)N[C@@H](CCCCNC(=O)C(F)(F)F)C(=O)N1CCC[C@@H]1C(=O)O. The normalized spacial score (nSPS) is 17.3. The van der Waals surface area contributed by atoms with Crippen LogP contribution in [0.2, 0.25) is 0 Å². The zero-order chi connectivity index (χ0) is 27.4. The number of carbonyl (C=O) groups is 4. The van der Waals surface area contributed by atoms with E-state index in [1.165, 1.54) is 4.90 Å². The van der Waals surface area contributed by atoms with Crippen LogP contribution in [0.1, 0.15) is 63.9 Å². The Hall–Kier alpha value is -2.95. The molecule has 1 aliphatic rings. The molecule has 0 saturated carbocycles. The minimum atomic E-state index is -4.97. The topological polar surface area (TPSA) is 116 Å². The molecule has 1 heterocycles. The molecule has 3 N–H and O–H groups in total. The number of nitrogens with zero attached hydrogens (tertiary/aromatic N) is 1. The van der Waals surface area contributed by atoms with Crippen molar-refractivity contribution in [2.24, 2.45) is 0 Å². The van der Waals surface area contributed by atoms with Crippen LogP contribution < -0.4 is 10.6 Å². The summed E-state index contributed by atoms with van der Waals surface area (Å²) in [5.41, 5.74) is 1.03. The van der Waals surface area contributed by atoms with Crippen LogP contribution in [0.25, 0.3) is 0 Å². The Morgan fingerprint density at radius 3 is 2.41 bits per heavy atom. The number of hydrogen-bond donors (Lipinski definition) is 3. The number of carboxylic acid groups (broad SMARTS) is 1. The molecule has 0 unspecified atom stereocenters. The van der Waals surface area contributed by atoms with E-state index in [-0.39, 0.29) is 31.7 Å². The van der Waals surface area contributed by atoms with Crippen molar-refractivity contribution >= 4 is 23.6 Å². The van der Waals surface area contributed by atoms with Gasteiger partial charge in [-0.1, -0.05) is 37.3 Å². The molecule has 0 aromatic heterocycles. The molecule has 206 valence electrons. The van der Waals surface area contributed by atoms with E-state index in [4.69, 9.17) is 0 Å². The lowest BCUT2D eigenvalue weighted by Gasteiger charge is -2.30. The number of likely N-dealkylation sites (tertiary alicyclic amines) is 1. The lowest BCUT2D eigenvalue weighted by molar-refractivity contribution is -0.173. The van der Waals surface area contributed by atoms with E-state index in [9.17, 15) is 37.5 Å². The molecule has 1 saturated heterocycles. The first-order chi connectivity index (χ1) is 17.5. The number of carboxylic acids is 1. The Kier molecular flexibility index (Phi) is 12.0. The van der Waals surface area contributed by atoms with Crippen LogP contribution in [0, 0.1) is 0 Å². The maximum absolute atomic E-state index is 13.4. The van der Waals surface area contributed by atoms with Gasteiger partial charge < -0.3 is 15.3 Å². The van der Waals surface area contributed by atoms with Gasteiger partial charge in [0.1, 0.15) is 11.8 Å². The van der Waals surface area contributed by atoms with Gasteiger partial charge in [0.25, 0.3) is 0 Å². The molecule has 0 spiro atoms. The molecule has 1 fully saturated rings. The molecule has 11 heteroatoms. The molecule has 3 atom stereocenters. The van der Waals surface area contributed by atoms with E-state index in [2.05, 4.69) is 5.32 Å². The number of nitrogens with one attached hydrogen (secondary N) is 2. The molecule has 1 aromatic carbocycles. The van der Waals surface area contributed by atoms with Crippen molar-refractivity contribution in [1.82, 2.24) is 15.5 Å². The quantitative estimate of drug-likeness (QED) is 0.302. The zero-order valence-electron chi connectivity index (χ0n) is 21.1. The van der Waals surface area contributed by atoms with Crippen molar-refractivity contribution in [2.75, 3.05) is 13.1 Å². The van der Waals surface area contributed by atoms with Crippen LogP contribution in [0.3, 0.4) is 0 Å². The summed E-state index contributed by atoms with van der Waals surface area (Å²) in [7, 11) is 0. The molecular formula is C26H36F3N3O5. The average Bonchev–Trinajstić information content (AvgIpc) is 3.35. The number of unbranched alkanes of at least 4 members (excludes halogenated alkanes) is 1. The standard InChI is InChI=1S/C26H36F3N3O5/c1-2-9-22(33)19(15-14-18-10-4-3-5-11-18)31-20(12-6-7-16-30-25(37)26(27,28)29)23(34)32-17-8-13-21(32)24(35)36/h3-5,10-11,19-21,31H,2,6-9,12-17H2,1H3,(H,30,37)(H,35,36)/t19-,20-,21+/m0/s1. The molecule has 1 aromatic rings. The Balaban J connectivity index is 2.11. The van der Waals surface area contributed by atoms with Crippen molar-refractivity contribution in [1.29, 1.82) is 0 Å². The number of ketones is 1. The molecule has 0 bridgehead atoms. The largest absolute Gasteiger partial charge is 0.480 e. The zero-order valence-corrected chi connectivity index (χ0v) is 21.1. The second-order valence-electron chi connectivity index (χ2n) is 9.29. The van der Waals surface area contributed by atoms with E-state index in [0.29, 0.717) is 44.9 Å². The van der Waals surface area contributed by atoms with E-state index < -0.39 is 42.1 Å². The van der Waals surface area contributed by atoms with Gasteiger partial charge in [-0.05, 0) is 56.9 Å². The second kappa shape index (κ2) is 14.7. The first-order valence-electron chi connectivity index (χ1n) is 12.8. The number of amides is 2. The minimum absolute atomic E-state index is 0.0510. The monoisotopic (exact) mass is 527 g/mol. The Morgan fingerprint density at radius 1 is 1.08 bits per heavy atom. The number of aryl methyl sites for hydroxylation is 1. The summed E-state index contributed by atoms with van der Waals surface area (Å²) in [6.07, 6.45) is -1.43. The third-order valence-electron chi connectivity index (χ3n) is 6.43. The van der Waals surface area contributed by atoms with Gasteiger partial charge in [0.05, 0.1) is 12.1 Å². The number of Topliss-reactive ketones (excluding diaryl/α,β-unsaturated/α-hetero) is 1. The fourth-order valence-electron chi connectivity index (χ4n) is 4.50. The smallest absolute Gasteiger partial charge is 0.471 e. The summed E-state index contributed by atoms with van der Waals surface area (Å²) >= 11 is 0. The number of rotatable bonds is 15. The molecule has 0 aliphatic carbocycles. The van der Waals surface area contributed by atoms with E-state index in [1.54, 1.807) is 5.32 Å². The van der Waals surface area contributed by atoms with Crippen molar-refractivity contribution in [3.05, 3.63) is 35.9 Å². The number of alkyl halides is 3. The third kappa shape index (κ3) is 9.79. The maximum Gasteiger partial charge on any atom is 0.471 e. The molecule has 8 nitrogen and oxygen atoms in total. The van der Waals surface area contributed by atoms with Gasteiger partial charge >= 0.3 is 18.1 Å². The van der Waals surface area contributed by atoms with E-state index in [1.807, 2.05) is 37.3 Å². The van der Waals surface area contributed by atoms with Crippen LogP contribution in [0.5, 0.6) is 0 Å². The second-order valence-corrected chi connectivity index (χ2v) is 9.29. The lowest BCUT2D eigenvalue weighted by atomic mass is 9.97. The summed E-state index contributed by atoms with van der Waals surface area (Å²) in [5.74, 6) is -3.60. The Bertz CT molecular complexity index is 910. The highest BCUT2D eigenvalue weighted by atomic mass is 19.4. The average molecular weight is 528 g/mol. The van der Waals surface area contributed by atoms with Crippen LogP contribution in [0.4, 0.5) is 13.2 Å². The van der Waals surface area contributed by atoms with Gasteiger partial charge in [0.15, 0.2) is 0 Å². The van der Waals surface area contributed by atoms with Crippen molar-refractivity contribution in [2.45, 2.75) is 89.0 Å². The fourth-order valence-corrected chi connectivity index (χ4v) is 4.50. The maximum atomic E-state index is 13.4. The van der Waals surface area contributed by atoms with Crippen molar-refractivity contribution < 1.29 is 37.5 Å². The predicted octanol–water partition coefficient (Wildman–Crippen LogP) is 3.24. The van der Waals surface area contributed by atoms with Gasteiger partial charge in [-0.15, -0.1) is 0 Å². The van der Waals surface area contributed by atoms with Crippen molar-refractivity contribution in [3.63, 3.8) is 0 Å². The van der Waals surface area contributed by atoms with Gasteiger partial charge in [0.2, 0.25) is 5.91 Å². The van der Waals surface area contributed by atoms with Crippen LogP contribution in [-0.4, -0.2) is 71.0 Å². The van der Waals surface area contributed by atoms with E-state index >= 15 is 0 Å². The minimum Gasteiger partial charge on any atom is -0.480 e. The van der Waals surface area contributed by atoms with Gasteiger partial charge in [0, 0.05) is 19.5 Å². The van der Waals surface area contributed by atoms with Crippen molar-refractivity contribution in [3.8, 4) is 0 Å². The van der Waals surface area contributed by atoms with Crippen LogP contribution in [0.15, 0.2) is 30.3 Å². The molecule has 37 heavy (non-hydrogen) atoms. The fraction of sp³-hybridized carbons (Fsp3) is 0.615. The lowest BCUT2D eigenvalue weighted by Crippen LogP contribution is -2.54. The highest BCUT2D eigenvalue weighted by molar-refractivity contribution is 5.89. The van der Waals surface area contributed by atoms with Gasteiger partial charge in [-0.25, -0.2) is 4.79 Å². The summed E-state index contributed by atoms with van der Waals surface area (Å²) in [5, 5.41) is 14.5. The summed E-state index contributed by atoms with van der Waals surface area (Å²) in [6, 6.07) is 7.12. The highest BCUT2D eigenvalue weighted by Gasteiger charge is 2.39. The first kappa shape index (κ1) is 30.3. The van der Waals surface area contributed by atoms with E-state index in [0.717, 1.165) is 5.56 Å². The van der Waals surface area contributed by atoms with Gasteiger partial charge in [-0.3, -0.25) is 19.7 Å². The number of benzene rings is 1. The summed E-state index contributed by atoms with van der Waals surface area (Å²) in [4.78, 5) is 50.3. The molecule has 2 amide bonds. The number of carbonyl (C=O) groups excluding carboxylic acids is 3. The third-order valence-corrected chi connectivity index (χ3v) is 6.43. The summed E-state index contributed by atoms with van der Waals surface area (Å²) in [6.45, 7) is 1.95. The number of halogens is 3. The Labute approximate surface area is 215 Å². The predicted molar refractivity (Wildman–Crippen MR) is 131 cm³/mol. The Morgan fingerprint density at radius 2 is 1.78 bits per heavy atom. The van der Waals surface area contributed by atoms with Crippen LogP contribution in [-0.2, 0) is 25.6 Å². The van der Waals surface area contributed by atoms with Gasteiger partial charge in [-0.2, -0.15) is 13.2 Å². The number of aliphatic carboxylic acids is 1. The van der Waals surface area contributed by atoms with Crippen LogP contribution >= 0.6 is 0 Å². The molecule has 1 aliphatic heterocycles. The first-order valence-corrected chi connectivity index (χ1v) is 12.8. The molecule has 2 rings (SSSR count). The number of hydrogen-bond acceptors (Lipinski definition) is 5. The molecular weight excluding hydrogens is 491 g/mol. The highest BCUT2D eigenvalue weighted by Crippen LogP contribution is 2.21.